The lowest BCUT2D eigenvalue weighted by molar-refractivity contribution is -0.150. The lowest BCUT2D eigenvalue weighted by Gasteiger charge is -2.27. The second kappa shape index (κ2) is 5.38. The summed E-state index contributed by atoms with van der Waals surface area (Å²) in [6.07, 6.45) is 3.12. The van der Waals surface area contributed by atoms with E-state index in [1.165, 1.54) is 20.3 Å². The van der Waals surface area contributed by atoms with Crippen molar-refractivity contribution in [1.29, 1.82) is 0 Å². The summed E-state index contributed by atoms with van der Waals surface area (Å²) < 4.78 is 10.2. The molecule has 0 aliphatic heterocycles. The number of hydrogen-bond donors (Lipinski definition) is 1. The summed E-state index contributed by atoms with van der Waals surface area (Å²) in [4.78, 5) is 12.4. The number of aliphatic hydroxyl groups is 1. The molecule has 0 spiro atoms. The van der Waals surface area contributed by atoms with Crippen LogP contribution in [0.15, 0.2) is 53.8 Å². The Bertz CT molecular complexity index is 530. The zero-order valence-electron chi connectivity index (χ0n) is 10.9. The highest BCUT2D eigenvalue weighted by Crippen LogP contribution is 2.29. The van der Waals surface area contributed by atoms with Gasteiger partial charge in [0.2, 0.25) is 0 Å². The smallest absolute Gasteiger partial charge is 0.196 e. The minimum atomic E-state index is -1.41. The molecule has 1 atom stereocenters. The van der Waals surface area contributed by atoms with Gasteiger partial charge in [-0.25, -0.2) is 0 Å². The summed E-state index contributed by atoms with van der Waals surface area (Å²) in [5.41, 5.74) is 1.02. The first-order valence-electron chi connectivity index (χ1n) is 5.93. The van der Waals surface area contributed by atoms with E-state index in [0.717, 1.165) is 0 Å². The highest BCUT2D eigenvalue weighted by Gasteiger charge is 2.32. The maximum atomic E-state index is 12.4. The summed E-state index contributed by atoms with van der Waals surface area (Å²) in [5.74, 6) is -1.13. The number of benzene rings is 1. The Morgan fingerprint density at radius 1 is 1.26 bits per heavy atom. The SMILES string of the molecule is COC1=C(C(=O)c2ccccc2)C=C[C@@](O)(OC)C1. The Morgan fingerprint density at radius 3 is 2.53 bits per heavy atom. The fourth-order valence-electron chi connectivity index (χ4n) is 1.96. The molecule has 0 radical (unpaired) electrons. The van der Waals surface area contributed by atoms with Gasteiger partial charge in [-0.05, 0) is 12.2 Å². The zero-order chi connectivity index (χ0) is 13.9. The molecule has 0 saturated heterocycles. The number of ether oxygens (including phenoxy) is 2. The van der Waals surface area contributed by atoms with Crippen LogP contribution in [0.25, 0.3) is 0 Å². The number of rotatable bonds is 4. The van der Waals surface area contributed by atoms with Crippen molar-refractivity contribution >= 4 is 5.78 Å². The van der Waals surface area contributed by atoms with Gasteiger partial charge in [0, 0.05) is 12.7 Å². The fourth-order valence-corrected chi connectivity index (χ4v) is 1.96. The molecule has 0 fully saturated rings. The number of methoxy groups -OCH3 is 2. The number of ketones is 1. The molecule has 0 saturated carbocycles. The molecule has 0 unspecified atom stereocenters. The Labute approximate surface area is 112 Å². The molecule has 4 heteroatoms. The van der Waals surface area contributed by atoms with E-state index in [9.17, 15) is 9.90 Å². The molecule has 1 aromatic rings. The third-order valence-corrected chi connectivity index (χ3v) is 3.11. The van der Waals surface area contributed by atoms with Gasteiger partial charge in [0.25, 0.3) is 0 Å². The highest BCUT2D eigenvalue weighted by atomic mass is 16.6. The third-order valence-electron chi connectivity index (χ3n) is 3.11. The maximum absolute atomic E-state index is 12.4. The lowest BCUT2D eigenvalue weighted by atomic mass is 9.94. The van der Waals surface area contributed by atoms with Crippen molar-refractivity contribution in [2.45, 2.75) is 12.2 Å². The van der Waals surface area contributed by atoms with Gasteiger partial charge in [-0.1, -0.05) is 30.3 Å². The topological polar surface area (TPSA) is 55.8 Å². The van der Waals surface area contributed by atoms with Crippen molar-refractivity contribution in [3.63, 3.8) is 0 Å². The van der Waals surface area contributed by atoms with E-state index >= 15 is 0 Å². The van der Waals surface area contributed by atoms with Gasteiger partial charge in [-0.15, -0.1) is 0 Å². The molecule has 1 aliphatic rings. The second-order valence-electron chi connectivity index (χ2n) is 4.30. The first kappa shape index (κ1) is 13.5. The van der Waals surface area contributed by atoms with E-state index < -0.39 is 5.79 Å². The van der Waals surface area contributed by atoms with Crippen LogP contribution in [0.1, 0.15) is 16.8 Å². The molecule has 1 aromatic carbocycles. The molecule has 0 aromatic heterocycles. The predicted molar refractivity (Wildman–Crippen MR) is 70.5 cm³/mol. The quantitative estimate of drug-likeness (QED) is 0.665. The molecule has 2 rings (SSSR count). The fraction of sp³-hybridized carbons (Fsp3) is 0.267. The Kier molecular flexibility index (Phi) is 3.83. The van der Waals surface area contributed by atoms with Gasteiger partial charge in [0.1, 0.15) is 5.76 Å². The van der Waals surface area contributed by atoms with Gasteiger partial charge in [-0.2, -0.15) is 0 Å². The van der Waals surface area contributed by atoms with E-state index in [-0.39, 0.29) is 12.2 Å². The Balaban J connectivity index is 2.34. The molecule has 0 heterocycles. The van der Waals surface area contributed by atoms with E-state index in [0.29, 0.717) is 16.9 Å². The van der Waals surface area contributed by atoms with E-state index in [2.05, 4.69) is 0 Å². The second-order valence-corrected chi connectivity index (χ2v) is 4.30. The van der Waals surface area contributed by atoms with Crippen LogP contribution in [0.5, 0.6) is 0 Å². The molecule has 1 aliphatic carbocycles. The molecule has 1 N–H and O–H groups in total. The average Bonchev–Trinajstić information content (AvgIpc) is 2.47. The maximum Gasteiger partial charge on any atom is 0.196 e. The highest BCUT2D eigenvalue weighted by molar-refractivity contribution is 6.11. The van der Waals surface area contributed by atoms with Gasteiger partial charge >= 0.3 is 0 Å². The predicted octanol–water partition coefficient (Wildman–Crippen LogP) is 2.06. The van der Waals surface area contributed by atoms with Crippen LogP contribution in [0.3, 0.4) is 0 Å². The summed E-state index contributed by atoms with van der Waals surface area (Å²) in [6, 6.07) is 8.94. The van der Waals surface area contributed by atoms with Crippen molar-refractivity contribution < 1.29 is 19.4 Å². The van der Waals surface area contributed by atoms with Crippen LogP contribution < -0.4 is 0 Å². The van der Waals surface area contributed by atoms with Gasteiger partial charge in [0.05, 0.1) is 19.1 Å². The van der Waals surface area contributed by atoms with Gasteiger partial charge < -0.3 is 14.6 Å². The minimum absolute atomic E-state index is 0.115. The first-order chi connectivity index (χ1) is 9.09. The molecule has 4 nitrogen and oxygen atoms in total. The number of carbonyl (C=O) groups excluding carboxylic acids is 1. The van der Waals surface area contributed by atoms with Crippen LogP contribution in [-0.4, -0.2) is 30.9 Å². The van der Waals surface area contributed by atoms with Crippen molar-refractivity contribution in [3.8, 4) is 0 Å². The molecule has 0 amide bonds. The third kappa shape index (κ3) is 2.75. The zero-order valence-corrected chi connectivity index (χ0v) is 10.9. The van der Waals surface area contributed by atoms with Crippen LogP contribution in [0.2, 0.25) is 0 Å². The van der Waals surface area contributed by atoms with Crippen LogP contribution >= 0.6 is 0 Å². The largest absolute Gasteiger partial charge is 0.500 e. The average molecular weight is 260 g/mol. The monoisotopic (exact) mass is 260 g/mol. The van der Waals surface area contributed by atoms with Crippen molar-refractivity contribution in [2.75, 3.05) is 14.2 Å². The van der Waals surface area contributed by atoms with E-state index in [1.807, 2.05) is 6.07 Å². The summed E-state index contributed by atoms with van der Waals surface area (Å²) in [7, 11) is 2.88. The van der Waals surface area contributed by atoms with Crippen LogP contribution in [0.4, 0.5) is 0 Å². The van der Waals surface area contributed by atoms with Crippen LogP contribution in [-0.2, 0) is 9.47 Å². The van der Waals surface area contributed by atoms with Gasteiger partial charge in [0.15, 0.2) is 11.6 Å². The van der Waals surface area contributed by atoms with Crippen molar-refractivity contribution in [2.24, 2.45) is 0 Å². The molecule has 100 valence electrons. The Morgan fingerprint density at radius 2 is 1.95 bits per heavy atom. The van der Waals surface area contributed by atoms with Gasteiger partial charge in [-0.3, -0.25) is 4.79 Å². The number of hydrogen-bond acceptors (Lipinski definition) is 4. The van der Waals surface area contributed by atoms with E-state index in [1.54, 1.807) is 30.3 Å². The number of allylic oxidation sites excluding steroid dienone is 2. The molecule has 19 heavy (non-hydrogen) atoms. The summed E-state index contributed by atoms with van der Waals surface area (Å²) in [6.45, 7) is 0. The standard InChI is InChI=1S/C15H16O4/c1-18-13-10-15(17,19-2)9-8-12(13)14(16)11-6-4-3-5-7-11/h3-9,17H,10H2,1-2H3/t15-/m1/s1. The summed E-state index contributed by atoms with van der Waals surface area (Å²) in [5, 5.41) is 10.0. The normalized spacial score (nSPS) is 22.5. The molecular weight excluding hydrogens is 244 g/mol. The van der Waals surface area contributed by atoms with Crippen molar-refractivity contribution in [3.05, 3.63) is 59.4 Å². The first-order valence-corrected chi connectivity index (χ1v) is 5.93. The summed E-state index contributed by atoms with van der Waals surface area (Å²) >= 11 is 0. The van der Waals surface area contributed by atoms with E-state index in [4.69, 9.17) is 9.47 Å². The molecule has 0 bridgehead atoms. The van der Waals surface area contributed by atoms with Crippen molar-refractivity contribution in [1.82, 2.24) is 0 Å². The Hall–Kier alpha value is -1.91. The van der Waals surface area contributed by atoms with Crippen LogP contribution in [0, 0.1) is 0 Å². The minimum Gasteiger partial charge on any atom is -0.500 e. The lowest BCUT2D eigenvalue weighted by Crippen LogP contribution is -2.32. The molecular formula is C15H16O4. The number of carbonyl (C=O) groups is 1. The number of Topliss-reactive ketones (excluding diaryl/α,β-unsaturated/α-hetero) is 1.